The van der Waals surface area contributed by atoms with Crippen LogP contribution in [0.2, 0.25) is 0 Å². The number of carbonyl (C=O) groups excluding carboxylic acids is 3. The number of amides is 3. The zero-order valence-corrected chi connectivity index (χ0v) is 18.5. The first-order valence-electron chi connectivity index (χ1n) is 10.4. The van der Waals surface area contributed by atoms with Crippen molar-refractivity contribution >= 4 is 23.4 Å². The lowest BCUT2D eigenvalue weighted by Crippen LogP contribution is -2.51. The molecule has 2 rings (SSSR count). The molecular weight excluding hydrogens is 412 g/mol. The normalized spacial score (nSPS) is 12.7. The number of nitrogens with zero attached hydrogens (tertiary/aromatic N) is 1. The monoisotopic (exact) mass is 442 g/mol. The molecule has 5 N–H and O–H groups in total. The van der Waals surface area contributed by atoms with Gasteiger partial charge in [-0.3, -0.25) is 24.5 Å². The van der Waals surface area contributed by atoms with Crippen molar-refractivity contribution in [1.29, 1.82) is 0 Å². The molecule has 0 aromatic heterocycles. The highest BCUT2D eigenvalue weighted by atomic mass is 16.5. The maximum atomic E-state index is 12.4. The smallest absolute Gasteiger partial charge is 0.268 e. The summed E-state index contributed by atoms with van der Waals surface area (Å²) in [5.74, 6) is -1.54. The number of hydroxylamine groups is 1. The quantitative estimate of drug-likeness (QED) is 0.281. The minimum Gasteiger partial charge on any atom is -0.391 e. The molecule has 2 atom stereocenters. The summed E-state index contributed by atoms with van der Waals surface area (Å²) < 4.78 is 0. The number of hydrogen-bond acceptors (Lipinski definition) is 6. The van der Waals surface area contributed by atoms with E-state index in [2.05, 4.69) is 17.6 Å². The number of carbonyl (C=O) groups is 3. The minimum atomic E-state index is -1.28. The van der Waals surface area contributed by atoms with Crippen LogP contribution in [0.4, 0.5) is 5.69 Å². The molecule has 9 heteroatoms. The maximum Gasteiger partial charge on any atom is 0.268 e. The third-order valence-electron chi connectivity index (χ3n) is 4.83. The van der Waals surface area contributed by atoms with E-state index in [-0.39, 0.29) is 5.91 Å². The van der Waals surface area contributed by atoms with Crippen LogP contribution in [-0.2, 0) is 9.59 Å². The molecule has 0 aliphatic rings. The Bertz CT molecular complexity index is 913. The molecule has 0 saturated heterocycles. The number of hydrogen-bond donors (Lipinski definition) is 5. The summed E-state index contributed by atoms with van der Waals surface area (Å²) in [5, 5.41) is 23.6. The van der Waals surface area contributed by atoms with Crippen LogP contribution in [0.3, 0.4) is 0 Å². The lowest BCUT2D eigenvalue weighted by atomic mass is 10.0. The van der Waals surface area contributed by atoms with Crippen molar-refractivity contribution in [1.82, 2.24) is 15.7 Å². The summed E-state index contributed by atoms with van der Waals surface area (Å²) in [6, 6.07) is 12.8. The first-order chi connectivity index (χ1) is 15.2. The van der Waals surface area contributed by atoms with E-state index in [0.29, 0.717) is 17.8 Å². The van der Waals surface area contributed by atoms with Crippen LogP contribution >= 0.6 is 0 Å². The van der Waals surface area contributed by atoms with E-state index >= 15 is 0 Å². The van der Waals surface area contributed by atoms with Crippen LogP contribution in [0.15, 0.2) is 48.5 Å². The first kappa shape index (κ1) is 25.0. The van der Waals surface area contributed by atoms with E-state index in [4.69, 9.17) is 5.21 Å². The van der Waals surface area contributed by atoms with Crippen molar-refractivity contribution in [2.75, 3.05) is 25.5 Å². The van der Waals surface area contributed by atoms with Crippen LogP contribution in [0.25, 0.3) is 11.1 Å². The maximum absolute atomic E-state index is 12.4. The Kier molecular flexibility index (Phi) is 9.33. The number of aliphatic hydroxyl groups excluding tert-OH is 1. The predicted octanol–water partition coefficient (Wildman–Crippen LogP) is 1.62. The molecule has 0 fully saturated rings. The summed E-state index contributed by atoms with van der Waals surface area (Å²) in [6.07, 6.45) is -0.200. The van der Waals surface area contributed by atoms with E-state index < -0.39 is 24.0 Å². The molecule has 0 spiro atoms. The number of likely N-dealkylation sites (N-methyl/N-ethyl adjacent to an activating group) is 1. The fourth-order valence-corrected chi connectivity index (χ4v) is 3.17. The van der Waals surface area contributed by atoms with E-state index in [1.165, 1.54) is 12.4 Å². The Labute approximate surface area is 187 Å². The van der Waals surface area contributed by atoms with E-state index in [9.17, 15) is 19.5 Å². The lowest BCUT2D eigenvalue weighted by Gasteiger charge is -2.19. The standard InChI is InChI=1S/C23H30N4O5/c1-4-13-27(3)14-20(29)24-19-11-9-17(10-12-19)16-5-7-18(8-6-16)22(30)25-21(15(2)28)23(31)26-32/h5-12,15,21,28,32H,4,13-14H2,1-3H3,(H,24,29)(H,25,30)(H,26,31)/t15-,21+/m1/s1. The van der Waals surface area contributed by atoms with Gasteiger partial charge in [-0.2, -0.15) is 0 Å². The van der Waals surface area contributed by atoms with Gasteiger partial charge in [-0.15, -0.1) is 0 Å². The van der Waals surface area contributed by atoms with Gasteiger partial charge in [0.2, 0.25) is 5.91 Å². The van der Waals surface area contributed by atoms with Gasteiger partial charge in [0, 0.05) is 11.3 Å². The number of nitrogens with one attached hydrogen (secondary N) is 3. The molecule has 2 aromatic rings. The summed E-state index contributed by atoms with van der Waals surface area (Å²) in [5.41, 5.74) is 4.18. The van der Waals surface area contributed by atoms with Gasteiger partial charge < -0.3 is 15.7 Å². The zero-order valence-electron chi connectivity index (χ0n) is 18.5. The molecule has 0 unspecified atom stereocenters. The Balaban J connectivity index is 2.01. The summed E-state index contributed by atoms with van der Waals surface area (Å²) in [6.45, 7) is 4.58. The third kappa shape index (κ3) is 7.16. The van der Waals surface area contributed by atoms with Gasteiger partial charge in [0.25, 0.3) is 11.8 Å². The Morgan fingerprint density at radius 1 is 1.00 bits per heavy atom. The van der Waals surface area contributed by atoms with Gasteiger partial charge in [-0.1, -0.05) is 31.2 Å². The molecule has 0 saturated carbocycles. The number of benzene rings is 2. The predicted molar refractivity (Wildman–Crippen MR) is 121 cm³/mol. The molecule has 2 aromatic carbocycles. The van der Waals surface area contributed by atoms with E-state index in [1.807, 2.05) is 36.2 Å². The SMILES string of the molecule is CCCN(C)CC(=O)Nc1ccc(-c2ccc(C(=O)N[C@H](C(=O)NO)[C@@H](C)O)cc2)cc1. The van der Waals surface area contributed by atoms with Crippen molar-refractivity contribution in [3.8, 4) is 11.1 Å². The van der Waals surface area contributed by atoms with Gasteiger partial charge in [0.05, 0.1) is 12.6 Å². The van der Waals surface area contributed by atoms with Crippen molar-refractivity contribution in [2.45, 2.75) is 32.4 Å². The van der Waals surface area contributed by atoms with Crippen molar-refractivity contribution < 1.29 is 24.7 Å². The lowest BCUT2D eigenvalue weighted by molar-refractivity contribution is -0.133. The second kappa shape index (κ2) is 11.9. The highest BCUT2D eigenvalue weighted by Gasteiger charge is 2.25. The summed E-state index contributed by atoms with van der Waals surface area (Å²) >= 11 is 0. The molecule has 0 bridgehead atoms. The van der Waals surface area contributed by atoms with E-state index in [0.717, 1.165) is 24.1 Å². The molecule has 32 heavy (non-hydrogen) atoms. The topological polar surface area (TPSA) is 131 Å². The second-order valence-electron chi connectivity index (χ2n) is 7.61. The average molecular weight is 443 g/mol. The molecule has 0 aliphatic heterocycles. The summed E-state index contributed by atoms with van der Waals surface area (Å²) in [7, 11) is 1.90. The molecule has 0 heterocycles. The van der Waals surface area contributed by atoms with Gasteiger partial charge >= 0.3 is 0 Å². The number of anilines is 1. The molecule has 0 aliphatic carbocycles. The highest BCUT2D eigenvalue weighted by Crippen LogP contribution is 2.22. The molecular formula is C23H30N4O5. The van der Waals surface area contributed by atoms with Crippen LogP contribution in [0.1, 0.15) is 30.6 Å². The van der Waals surface area contributed by atoms with E-state index in [1.54, 1.807) is 24.3 Å². The van der Waals surface area contributed by atoms with Crippen LogP contribution in [0, 0.1) is 0 Å². The second-order valence-corrected chi connectivity index (χ2v) is 7.61. The van der Waals surface area contributed by atoms with Gasteiger partial charge in [0.15, 0.2) is 0 Å². The van der Waals surface area contributed by atoms with Crippen molar-refractivity contribution in [2.24, 2.45) is 0 Å². The molecule has 3 amide bonds. The molecule has 9 nitrogen and oxygen atoms in total. The fraction of sp³-hybridized carbons (Fsp3) is 0.348. The third-order valence-corrected chi connectivity index (χ3v) is 4.83. The largest absolute Gasteiger partial charge is 0.391 e. The first-order valence-corrected chi connectivity index (χ1v) is 10.4. The van der Waals surface area contributed by atoms with Gasteiger partial charge in [-0.25, -0.2) is 5.48 Å². The van der Waals surface area contributed by atoms with Crippen molar-refractivity contribution in [3.63, 3.8) is 0 Å². The Morgan fingerprint density at radius 2 is 1.56 bits per heavy atom. The van der Waals surface area contributed by atoms with Gasteiger partial charge in [0.1, 0.15) is 6.04 Å². The van der Waals surface area contributed by atoms with Crippen LogP contribution < -0.4 is 16.1 Å². The average Bonchev–Trinajstić information content (AvgIpc) is 2.77. The zero-order chi connectivity index (χ0) is 23.7. The molecule has 0 radical (unpaired) electrons. The Hall–Kier alpha value is -3.27. The van der Waals surface area contributed by atoms with Crippen LogP contribution in [-0.4, -0.2) is 65.2 Å². The Morgan fingerprint density at radius 3 is 2.06 bits per heavy atom. The highest BCUT2D eigenvalue weighted by molar-refractivity contribution is 5.98. The number of aliphatic hydroxyl groups is 1. The fourth-order valence-electron chi connectivity index (χ4n) is 3.17. The van der Waals surface area contributed by atoms with Crippen molar-refractivity contribution in [3.05, 3.63) is 54.1 Å². The number of rotatable bonds is 10. The molecule has 172 valence electrons. The minimum absolute atomic E-state index is 0.0746. The van der Waals surface area contributed by atoms with Crippen LogP contribution in [0.5, 0.6) is 0 Å². The summed E-state index contributed by atoms with van der Waals surface area (Å²) in [4.78, 5) is 38.0. The van der Waals surface area contributed by atoms with Gasteiger partial charge in [-0.05, 0) is 62.3 Å².